The standard InChI is InChI=1S/C26H29ClF2IN5O5/c27-16-10-19-24(34-25(32-19)40-20-12-39-26(30)21(36)13-38-22(20)26)33-23(16)31-11-15-17(28)8-14(9-18(15)29)37-7-6-35-4-2-1-3-5-35/h8-10,20-22,36H,1-7,11-13H2,(H2,31,32,33,34)/t20-,21-,22-,26-/m1/s1. The van der Waals surface area contributed by atoms with Gasteiger partial charge in [-0.1, -0.05) is 18.0 Å². The van der Waals surface area contributed by atoms with Crippen LogP contribution in [0.5, 0.6) is 11.8 Å². The van der Waals surface area contributed by atoms with E-state index in [4.69, 9.17) is 30.5 Å². The number of rotatable bonds is 9. The van der Waals surface area contributed by atoms with Crippen molar-refractivity contribution in [3.8, 4) is 11.8 Å². The number of piperidine rings is 1. The molecule has 14 heteroatoms. The predicted octanol–water partition coefficient (Wildman–Crippen LogP) is 4.03. The van der Waals surface area contributed by atoms with E-state index in [1.807, 2.05) is 0 Å². The number of halogens is 4. The number of aromatic amines is 1. The molecule has 0 radical (unpaired) electrons. The average Bonchev–Trinajstić information content (AvgIpc) is 3.56. The summed E-state index contributed by atoms with van der Waals surface area (Å²) in [6.45, 7) is 3.35. The van der Waals surface area contributed by atoms with Gasteiger partial charge in [-0.3, -0.25) is 4.90 Å². The van der Waals surface area contributed by atoms with Gasteiger partial charge in [-0.05, 0) is 54.6 Å². The van der Waals surface area contributed by atoms with Gasteiger partial charge in [0.15, 0.2) is 15.4 Å². The molecule has 1 aromatic carbocycles. The van der Waals surface area contributed by atoms with E-state index in [0.29, 0.717) is 17.8 Å². The molecule has 0 unspecified atom stereocenters. The van der Waals surface area contributed by atoms with Gasteiger partial charge in [-0.15, -0.1) is 0 Å². The van der Waals surface area contributed by atoms with Crippen LogP contribution in [0.25, 0.3) is 11.2 Å². The van der Waals surface area contributed by atoms with Gasteiger partial charge in [0.1, 0.15) is 42.0 Å². The van der Waals surface area contributed by atoms with Crippen molar-refractivity contribution in [2.24, 2.45) is 0 Å². The number of fused-ring (bicyclic) bond motifs is 2. The monoisotopic (exact) mass is 691 g/mol. The minimum absolute atomic E-state index is 0.155. The summed E-state index contributed by atoms with van der Waals surface area (Å²) in [6, 6.07) is 4.16. The highest BCUT2D eigenvalue weighted by atomic mass is 127. The molecule has 3 aromatic rings. The predicted molar refractivity (Wildman–Crippen MR) is 151 cm³/mol. The fourth-order valence-electron chi connectivity index (χ4n) is 5.24. The van der Waals surface area contributed by atoms with Crippen molar-refractivity contribution >= 4 is 51.2 Å². The molecule has 3 saturated heterocycles. The number of hydrogen-bond donors (Lipinski definition) is 3. The van der Waals surface area contributed by atoms with Gasteiger partial charge < -0.3 is 34.4 Å². The lowest BCUT2D eigenvalue weighted by Crippen LogP contribution is -2.42. The number of anilines is 1. The first-order valence-electron chi connectivity index (χ1n) is 13.2. The third-order valence-electron chi connectivity index (χ3n) is 7.42. The van der Waals surface area contributed by atoms with Gasteiger partial charge >= 0.3 is 0 Å². The Balaban J connectivity index is 1.08. The number of aliphatic hydroxyl groups is 1. The number of benzene rings is 1. The highest BCUT2D eigenvalue weighted by molar-refractivity contribution is 14.1. The lowest BCUT2D eigenvalue weighted by Gasteiger charge is -2.26. The third kappa shape index (κ3) is 5.68. The summed E-state index contributed by atoms with van der Waals surface area (Å²) in [5, 5.41) is 13.3. The molecular weight excluding hydrogens is 663 g/mol. The molecule has 0 bridgehead atoms. The number of ether oxygens (including phenoxy) is 4. The molecule has 216 valence electrons. The maximum Gasteiger partial charge on any atom is 0.296 e. The Kier molecular flexibility index (Phi) is 8.21. The molecule has 0 amide bonds. The van der Waals surface area contributed by atoms with E-state index in [-0.39, 0.29) is 47.9 Å². The Morgan fingerprint density at radius 1 is 1.18 bits per heavy atom. The van der Waals surface area contributed by atoms with Gasteiger partial charge in [0.25, 0.3) is 6.01 Å². The van der Waals surface area contributed by atoms with Crippen molar-refractivity contribution in [3.05, 3.63) is 40.4 Å². The second kappa shape index (κ2) is 11.7. The second-order valence-electron chi connectivity index (χ2n) is 10.1. The van der Waals surface area contributed by atoms with Crippen LogP contribution in [-0.2, 0) is 16.0 Å². The fourth-order valence-corrected chi connectivity index (χ4v) is 6.40. The maximum atomic E-state index is 14.8. The molecule has 6 rings (SSSR count). The van der Waals surface area contributed by atoms with Gasteiger partial charge in [-0.2, -0.15) is 4.98 Å². The first-order valence-corrected chi connectivity index (χ1v) is 14.7. The zero-order chi connectivity index (χ0) is 27.9. The maximum absolute atomic E-state index is 14.8. The number of alkyl halides is 1. The number of hydrogen-bond acceptors (Lipinski definition) is 9. The first kappa shape index (κ1) is 28.1. The fraction of sp³-hybridized carbons (Fsp3) is 0.538. The Hall–Kier alpha value is -2.04. The van der Waals surface area contributed by atoms with E-state index in [9.17, 15) is 13.9 Å². The molecule has 0 spiro atoms. The van der Waals surface area contributed by atoms with E-state index in [0.717, 1.165) is 19.6 Å². The van der Waals surface area contributed by atoms with E-state index >= 15 is 0 Å². The topological polar surface area (TPSA) is 114 Å². The summed E-state index contributed by atoms with van der Waals surface area (Å²) in [5.74, 6) is -1.08. The molecule has 40 heavy (non-hydrogen) atoms. The number of nitrogens with zero attached hydrogens (tertiary/aromatic N) is 3. The molecule has 3 N–H and O–H groups in total. The summed E-state index contributed by atoms with van der Waals surface area (Å²) in [4.78, 5) is 14.1. The normalized spacial score (nSPS) is 26.8. The number of pyridine rings is 1. The minimum atomic E-state index is -0.866. The van der Waals surface area contributed by atoms with Crippen LogP contribution in [0.1, 0.15) is 24.8 Å². The summed E-state index contributed by atoms with van der Waals surface area (Å²) < 4.78 is 51.7. The van der Waals surface area contributed by atoms with Gasteiger partial charge in [0, 0.05) is 30.8 Å². The highest BCUT2D eigenvalue weighted by Gasteiger charge is 2.59. The number of aromatic nitrogens is 3. The van der Waals surface area contributed by atoms with Crippen molar-refractivity contribution in [1.29, 1.82) is 0 Å². The zero-order valence-corrected chi connectivity index (χ0v) is 24.4. The van der Waals surface area contributed by atoms with Crippen LogP contribution in [0.15, 0.2) is 18.2 Å². The first-order chi connectivity index (χ1) is 19.3. The number of H-pyrrole nitrogens is 1. The third-order valence-corrected chi connectivity index (χ3v) is 9.35. The van der Waals surface area contributed by atoms with E-state index in [2.05, 4.69) is 47.8 Å². The lowest BCUT2D eigenvalue weighted by molar-refractivity contribution is 0.000698. The molecule has 0 saturated carbocycles. The van der Waals surface area contributed by atoms with Crippen molar-refractivity contribution in [1.82, 2.24) is 19.9 Å². The van der Waals surface area contributed by atoms with Crippen LogP contribution in [0.4, 0.5) is 14.6 Å². The summed E-state index contributed by atoms with van der Waals surface area (Å²) in [7, 11) is 0. The Labute approximate surface area is 247 Å². The molecule has 3 aliphatic heterocycles. The molecule has 0 aliphatic carbocycles. The van der Waals surface area contributed by atoms with Crippen LogP contribution in [0.2, 0.25) is 5.02 Å². The Morgan fingerprint density at radius 3 is 2.73 bits per heavy atom. The largest absolute Gasteiger partial charge is 0.492 e. The van der Waals surface area contributed by atoms with Crippen molar-refractivity contribution in [2.45, 2.75) is 47.7 Å². The second-order valence-corrected chi connectivity index (χ2v) is 12.2. The summed E-state index contributed by atoms with van der Waals surface area (Å²) in [5.41, 5.74) is 0.656. The summed E-state index contributed by atoms with van der Waals surface area (Å²) >= 11 is 8.44. The van der Waals surface area contributed by atoms with Crippen molar-refractivity contribution in [2.75, 3.05) is 44.8 Å². The molecule has 3 fully saturated rings. The SMILES string of the molecule is O[C@@H]1CO[C@@H]2[C@H](Oc3nc4nc(NCc5c(F)cc(OCCN6CCCCC6)cc5F)c(Cl)cc4[nH]3)CO[C@]12I. The quantitative estimate of drug-likeness (QED) is 0.226. The summed E-state index contributed by atoms with van der Waals surface area (Å²) in [6.07, 6.45) is 1.89. The number of aliphatic hydroxyl groups excluding tert-OH is 1. The van der Waals surface area contributed by atoms with Gasteiger partial charge in [0.05, 0.1) is 23.8 Å². The van der Waals surface area contributed by atoms with E-state index < -0.39 is 33.6 Å². The average molecular weight is 692 g/mol. The van der Waals surface area contributed by atoms with E-state index in [1.165, 1.54) is 31.4 Å². The van der Waals surface area contributed by atoms with Crippen molar-refractivity contribution < 1.29 is 32.8 Å². The molecule has 4 atom stereocenters. The van der Waals surface area contributed by atoms with Crippen LogP contribution in [-0.4, -0.2) is 86.3 Å². The van der Waals surface area contributed by atoms with Crippen LogP contribution >= 0.6 is 34.2 Å². The van der Waals surface area contributed by atoms with Crippen LogP contribution in [0.3, 0.4) is 0 Å². The minimum Gasteiger partial charge on any atom is -0.492 e. The van der Waals surface area contributed by atoms with Crippen LogP contribution < -0.4 is 14.8 Å². The smallest absolute Gasteiger partial charge is 0.296 e. The molecule has 10 nitrogen and oxygen atoms in total. The van der Waals surface area contributed by atoms with Gasteiger partial charge in [-0.25, -0.2) is 13.8 Å². The van der Waals surface area contributed by atoms with Gasteiger partial charge in [0.2, 0.25) is 0 Å². The van der Waals surface area contributed by atoms with Crippen molar-refractivity contribution in [3.63, 3.8) is 0 Å². The number of nitrogens with one attached hydrogen (secondary N) is 2. The zero-order valence-electron chi connectivity index (χ0n) is 21.5. The Bertz CT molecular complexity index is 1360. The molecule has 3 aliphatic rings. The molecule has 2 aromatic heterocycles. The molecular formula is C26H29ClF2IN5O5. The van der Waals surface area contributed by atoms with Crippen LogP contribution in [0, 0.1) is 11.6 Å². The Morgan fingerprint density at radius 2 is 1.95 bits per heavy atom. The van der Waals surface area contributed by atoms with E-state index in [1.54, 1.807) is 6.07 Å². The highest BCUT2D eigenvalue weighted by Crippen LogP contribution is 2.44. The molecule has 5 heterocycles. The number of likely N-dealkylation sites (tertiary alicyclic amines) is 1. The lowest BCUT2D eigenvalue weighted by atomic mass is 10.1. The number of imidazole rings is 1.